The van der Waals surface area contributed by atoms with Gasteiger partial charge in [0.25, 0.3) is 5.91 Å². The summed E-state index contributed by atoms with van der Waals surface area (Å²) in [5.74, 6) is -0.932. The number of para-hydroxylation sites is 1. The summed E-state index contributed by atoms with van der Waals surface area (Å²) in [6, 6.07) is 7.29. The van der Waals surface area contributed by atoms with Crippen LogP contribution in [0.4, 0.5) is 5.69 Å². The van der Waals surface area contributed by atoms with Crippen molar-refractivity contribution < 1.29 is 19.1 Å². The Balaban J connectivity index is 1.99. The fourth-order valence-corrected chi connectivity index (χ4v) is 2.97. The summed E-state index contributed by atoms with van der Waals surface area (Å²) in [7, 11) is 0. The van der Waals surface area contributed by atoms with Crippen LogP contribution in [0.2, 0.25) is 0 Å². The minimum Gasteiger partial charge on any atom is -0.478 e. The van der Waals surface area contributed by atoms with E-state index in [2.05, 4.69) is 0 Å². The number of furan rings is 1. The van der Waals surface area contributed by atoms with Crippen LogP contribution in [0.1, 0.15) is 44.7 Å². The normalized spacial score (nSPS) is 13.3. The summed E-state index contributed by atoms with van der Waals surface area (Å²) < 4.78 is 5.48. The van der Waals surface area contributed by atoms with Crippen LogP contribution >= 0.6 is 0 Å². The van der Waals surface area contributed by atoms with Gasteiger partial charge < -0.3 is 14.4 Å². The average Bonchev–Trinajstić information content (AvgIpc) is 3.11. The summed E-state index contributed by atoms with van der Waals surface area (Å²) in [5.41, 5.74) is 3.15. The van der Waals surface area contributed by atoms with Crippen molar-refractivity contribution in [2.75, 3.05) is 11.4 Å². The lowest BCUT2D eigenvalue weighted by Gasteiger charge is -2.17. The second kappa shape index (κ2) is 5.33. The maximum absolute atomic E-state index is 12.7. The first-order chi connectivity index (χ1) is 10.5. The van der Waals surface area contributed by atoms with Crippen molar-refractivity contribution in [2.24, 2.45) is 0 Å². The Morgan fingerprint density at radius 2 is 2.14 bits per heavy atom. The molecule has 1 aliphatic heterocycles. The number of nitrogens with zero attached hydrogens (tertiary/aromatic N) is 1. The predicted octanol–water partition coefficient (Wildman–Crippen LogP) is 3.05. The quantitative estimate of drug-likeness (QED) is 0.945. The van der Waals surface area contributed by atoms with E-state index in [1.165, 1.54) is 6.07 Å². The van der Waals surface area contributed by atoms with Crippen molar-refractivity contribution in [1.82, 2.24) is 0 Å². The zero-order valence-electron chi connectivity index (χ0n) is 12.5. The van der Waals surface area contributed by atoms with Gasteiger partial charge in [0.05, 0.1) is 5.69 Å². The van der Waals surface area contributed by atoms with Crippen LogP contribution in [0.15, 0.2) is 28.7 Å². The smallest absolute Gasteiger partial charge is 0.339 e. The molecule has 114 valence electrons. The van der Waals surface area contributed by atoms with Gasteiger partial charge in [-0.2, -0.15) is 0 Å². The highest BCUT2D eigenvalue weighted by Gasteiger charge is 2.30. The van der Waals surface area contributed by atoms with E-state index in [9.17, 15) is 14.7 Å². The number of anilines is 1. The van der Waals surface area contributed by atoms with Gasteiger partial charge in [0.15, 0.2) is 5.76 Å². The first-order valence-electron chi connectivity index (χ1n) is 7.29. The zero-order chi connectivity index (χ0) is 15.9. The minimum absolute atomic E-state index is 0.0649. The fourth-order valence-electron chi connectivity index (χ4n) is 2.97. The maximum atomic E-state index is 12.7. The lowest BCUT2D eigenvalue weighted by Crippen LogP contribution is -2.29. The predicted molar refractivity (Wildman–Crippen MR) is 81.6 cm³/mol. The Morgan fingerprint density at radius 3 is 2.77 bits per heavy atom. The van der Waals surface area contributed by atoms with Gasteiger partial charge in [0.2, 0.25) is 0 Å². The van der Waals surface area contributed by atoms with Gasteiger partial charge in [-0.1, -0.05) is 25.1 Å². The Labute approximate surface area is 128 Å². The van der Waals surface area contributed by atoms with Crippen LogP contribution < -0.4 is 4.90 Å². The van der Waals surface area contributed by atoms with Crippen LogP contribution in [0.3, 0.4) is 0 Å². The monoisotopic (exact) mass is 299 g/mol. The molecule has 0 saturated heterocycles. The number of aryl methyl sites for hydroxylation is 2. The number of aromatic carboxylic acids is 1. The highest BCUT2D eigenvalue weighted by molar-refractivity contribution is 6.07. The number of hydrogen-bond donors (Lipinski definition) is 1. The molecule has 0 bridgehead atoms. The third-order valence-corrected chi connectivity index (χ3v) is 4.01. The molecule has 1 aliphatic rings. The van der Waals surface area contributed by atoms with E-state index in [0.29, 0.717) is 18.7 Å². The number of amides is 1. The van der Waals surface area contributed by atoms with Gasteiger partial charge in [-0.25, -0.2) is 4.79 Å². The van der Waals surface area contributed by atoms with Crippen LogP contribution in [0, 0.1) is 6.92 Å². The van der Waals surface area contributed by atoms with Gasteiger partial charge >= 0.3 is 5.97 Å². The van der Waals surface area contributed by atoms with Crippen LogP contribution in [0.5, 0.6) is 0 Å². The molecule has 1 aromatic carbocycles. The standard InChI is InChI=1S/C17H17NO4/c1-3-13-12(17(20)21)9-14(22-13)16(19)18-8-7-11-6-4-5-10(2)15(11)18/h4-6,9H,3,7-8H2,1-2H3,(H,20,21). The molecular formula is C17H17NO4. The molecule has 2 heterocycles. The fraction of sp³-hybridized carbons (Fsp3) is 0.294. The molecule has 0 saturated carbocycles. The molecule has 0 unspecified atom stereocenters. The number of carbonyl (C=O) groups is 2. The van der Waals surface area contributed by atoms with Crippen molar-refractivity contribution >= 4 is 17.6 Å². The van der Waals surface area contributed by atoms with Crippen molar-refractivity contribution in [3.05, 3.63) is 52.5 Å². The van der Waals surface area contributed by atoms with Crippen LogP contribution in [0.25, 0.3) is 0 Å². The first kappa shape index (κ1) is 14.4. The molecule has 5 nitrogen and oxygen atoms in total. The number of hydrogen-bond acceptors (Lipinski definition) is 3. The SMILES string of the molecule is CCc1oc(C(=O)N2CCc3cccc(C)c32)cc1C(=O)O. The number of carboxylic acid groups (broad SMARTS) is 1. The number of carboxylic acids is 1. The average molecular weight is 299 g/mol. The van der Waals surface area contributed by atoms with E-state index in [1.807, 2.05) is 25.1 Å². The lowest BCUT2D eigenvalue weighted by molar-refractivity contribution is 0.0694. The Bertz CT molecular complexity index is 760. The Kier molecular flexibility index (Phi) is 3.48. The highest BCUT2D eigenvalue weighted by Crippen LogP contribution is 2.33. The van der Waals surface area contributed by atoms with E-state index in [4.69, 9.17) is 4.42 Å². The number of carbonyl (C=O) groups excluding carboxylic acids is 1. The van der Waals surface area contributed by atoms with E-state index in [0.717, 1.165) is 23.2 Å². The Hall–Kier alpha value is -2.56. The molecule has 5 heteroatoms. The minimum atomic E-state index is -1.07. The van der Waals surface area contributed by atoms with Crippen molar-refractivity contribution in [2.45, 2.75) is 26.7 Å². The molecule has 0 aliphatic carbocycles. The van der Waals surface area contributed by atoms with Gasteiger partial charge in [0, 0.05) is 19.0 Å². The zero-order valence-corrected chi connectivity index (χ0v) is 12.5. The number of benzene rings is 1. The van der Waals surface area contributed by atoms with Crippen LogP contribution in [-0.2, 0) is 12.8 Å². The molecule has 1 amide bonds. The number of fused-ring (bicyclic) bond motifs is 1. The summed E-state index contributed by atoms with van der Waals surface area (Å²) in [6.45, 7) is 4.35. The topological polar surface area (TPSA) is 70.8 Å². The summed E-state index contributed by atoms with van der Waals surface area (Å²) >= 11 is 0. The molecule has 2 aromatic rings. The maximum Gasteiger partial charge on any atom is 0.339 e. The molecule has 0 radical (unpaired) electrons. The van der Waals surface area contributed by atoms with E-state index in [1.54, 1.807) is 11.8 Å². The molecule has 22 heavy (non-hydrogen) atoms. The van der Waals surface area contributed by atoms with Gasteiger partial charge in [-0.05, 0) is 24.5 Å². The van der Waals surface area contributed by atoms with Gasteiger partial charge in [-0.15, -0.1) is 0 Å². The first-order valence-corrected chi connectivity index (χ1v) is 7.29. The van der Waals surface area contributed by atoms with E-state index in [-0.39, 0.29) is 17.2 Å². The summed E-state index contributed by atoms with van der Waals surface area (Å²) in [6.07, 6.45) is 1.24. The molecule has 1 N–H and O–H groups in total. The third-order valence-electron chi connectivity index (χ3n) is 4.01. The summed E-state index contributed by atoms with van der Waals surface area (Å²) in [4.78, 5) is 25.6. The molecule has 3 rings (SSSR count). The molecule has 1 aromatic heterocycles. The third kappa shape index (κ3) is 2.19. The lowest BCUT2D eigenvalue weighted by atomic mass is 10.1. The Morgan fingerprint density at radius 1 is 1.36 bits per heavy atom. The molecular weight excluding hydrogens is 282 g/mol. The van der Waals surface area contributed by atoms with Crippen molar-refractivity contribution in [1.29, 1.82) is 0 Å². The van der Waals surface area contributed by atoms with E-state index >= 15 is 0 Å². The molecule has 0 fully saturated rings. The van der Waals surface area contributed by atoms with Crippen molar-refractivity contribution in [3.63, 3.8) is 0 Å². The van der Waals surface area contributed by atoms with Gasteiger partial charge in [0.1, 0.15) is 11.3 Å². The van der Waals surface area contributed by atoms with Crippen LogP contribution in [-0.4, -0.2) is 23.5 Å². The number of rotatable bonds is 3. The molecule has 0 atom stereocenters. The summed E-state index contributed by atoms with van der Waals surface area (Å²) in [5, 5.41) is 9.17. The second-order valence-electron chi connectivity index (χ2n) is 5.40. The van der Waals surface area contributed by atoms with E-state index < -0.39 is 5.97 Å². The second-order valence-corrected chi connectivity index (χ2v) is 5.40. The van der Waals surface area contributed by atoms with Gasteiger partial charge in [-0.3, -0.25) is 4.79 Å². The largest absolute Gasteiger partial charge is 0.478 e. The molecule has 0 spiro atoms. The highest BCUT2D eigenvalue weighted by atomic mass is 16.4. The van der Waals surface area contributed by atoms with Crippen molar-refractivity contribution in [3.8, 4) is 0 Å².